The second-order valence-corrected chi connectivity index (χ2v) is 7.30. The van der Waals surface area contributed by atoms with Crippen LogP contribution in [0.4, 0.5) is 5.82 Å². The van der Waals surface area contributed by atoms with Crippen molar-refractivity contribution in [3.63, 3.8) is 0 Å². The highest BCUT2D eigenvalue weighted by atomic mass is 32.1. The van der Waals surface area contributed by atoms with Crippen LogP contribution < -0.4 is 4.90 Å². The molecule has 0 aromatic carbocycles. The zero-order chi connectivity index (χ0) is 17.9. The van der Waals surface area contributed by atoms with Crippen LogP contribution in [0.2, 0.25) is 0 Å². The summed E-state index contributed by atoms with van der Waals surface area (Å²) >= 11 is 1.73. The minimum Gasteiger partial charge on any atom is -0.472 e. The summed E-state index contributed by atoms with van der Waals surface area (Å²) in [4.78, 5) is 27.7. The largest absolute Gasteiger partial charge is 0.472 e. The summed E-state index contributed by atoms with van der Waals surface area (Å²) in [6, 6.07) is 4.02. The van der Waals surface area contributed by atoms with E-state index in [0.29, 0.717) is 13.1 Å². The van der Waals surface area contributed by atoms with Crippen LogP contribution in [-0.2, 0) is 11.2 Å². The lowest BCUT2D eigenvalue weighted by Gasteiger charge is -2.35. The molecule has 1 amide bonds. The van der Waals surface area contributed by atoms with Gasteiger partial charge >= 0.3 is 0 Å². The van der Waals surface area contributed by atoms with Crippen molar-refractivity contribution in [3.8, 4) is 0 Å². The van der Waals surface area contributed by atoms with E-state index >= 15 is 0 Å². The maximum absolute atomic E-state index is 12.4. The van der Waals surface area contributed by atoms with E-state index in [4.69, 9.17) is 4.42 Å². The minimum absolute atomic E-state index is 0.0301. The monoisotopic (exact) mass is 368 g/mol. The van der Waals surface area contributed by atoms with Crippen molar-refractivity contribution in [2.45, 2.75) is 13.3 Å². The number of aryl methyl sites for hydroxylation is 1. The van der Waals surface area contributed by atoms with Crippen molar-refractivity contribution in [1.29, 1.82) is 0 Å². The summed E-state index contributed by atoms with van der Waals surface area (Å²) in [5.74, 6) is 1.01. The van der Waals surface area contributed by atoms with Gasteiger partial charge in [-0.15, -0.1) is 11.3 Å². The van der Waals surface area contributed by atoms with E-state index in [-0.39, 0.29) is 5.91 Å². The molecule has 0 unspecified atom stereocenters. The molecule has 26 heavy (non-hydrogen) atoms. The molecule has 1 aliphatic rings. The van der Waals surface area contributed by atoms with Crippen molar-refractivity contribution in [2.75, 3.05) is 31.1 Å². The molecule has 0 radical (unpaired) electrons. The van der Waals surface area contributed by atoms with Gasteiger partial charge in [0.1, 0.15) is 17.0 Å². The predicted molar refractivity (Wildman–Crippen MR) is 103 cm³/mol. The molecule has 7 heteroatoms. The summed E-state index contributed by atoms with van der Waals surface area (Å²) in [6.45, 7) is 5.07. The fourth-order valence-electron chi connectivity index (χ4n) is 3.10. The zero-order valence-corrected chi connectivity index (χ0v) is 15.4. The molecule has 1 fully saturated rings. The van der Waals surface area contributed by atoms with Crippen molar-refractivity contribution in [1.82, 2.24) is 14.9 Å². The van der Waals surface area contributed by atoms with Crippen LogP contribution in [0.25, 0.3) is 16.3 Å². The van der Waals surface area contributed by atoms with E-state index < -0.39 is 0 Å². The van der Waals surface area contributed by atoms with Gasteiger partial charge in [0.05, 0.1) is 17.9 Å². The molecule has 0 bridgehead atoms. The van der Waals surface area contributed by atoms with E-state index in [1.807, 2.05) is 11.0 Å². The lowest BCUT2D eigenvalue weighted by atomic mass is 10.2. The number of carbonyl (C=O) groups is 1. The van der Waals surface area contributed by atoms with Gasteiger partial charge in [-0.2, -0.15) is 0 Å². The molecule has 4 rings (SSSR count). The van der Waals surface area contributed by atoms with Gasteiger partial charge in [-0.05, 0) is 24.6 Å². The van der Waals surface area contributed by atoms with E-state index in [9.17, 15) is 4.79 Å². The molecular weight excluding hydrogens is 348 g/mol. The van der Waals surface area contributed by atoms with E-state index in [1.54, 1.807) is 42.3 Å². The highest BCUT2D eigenvalue weighted by Gasteiger charge is 2.22. The molecule has 1 aliphatic heterocycles. The number of hydrogen-bond acceptors (Lipinski definition) is 6. The van der Waals surface area contributed by atoms with Crippen LogP contribution in [0.5, 0.6) is 0 Å². The van der Waals surface area contributed by atoms with Gasteiger partial charge in [0.25, 0.3) is 0 Å². The molecule has 6 nitrogen and oxygen atoms in total. The quantitative estimate of drug-likeness (QED) is 0.662. The van der Waals surface area contributed by atoms with Crippen molar-refractivity contribution >= 4 is 39.4 Å². The van der Waals surface area contributed by atoms with Gasteiger partial charge in [-0.1, -0.05) is 6.92 Å². The summed E-state index contributed by atoms with van der Waals surface area (Å²) in [5, 5.41) is 1.12. The number of carbonyl (C=O) groups excluding carboxylic acids is 1. The highest BCUT2D eigenvalue weighted by Crippen LogP contribution is 2.30. The van der Waals surface area contributed by atoms with Crippen LogP contribution in [0.3, 0.4) is 0 Å². The summed E-state index contributed by atoms with van der Waals surface area (Å²) in [6.07, 6.45) is 9.25. The standard InChI is InChI=1S/C19H20N4O2S/c1-2-15-11-16-18(20-13-21-19(16)26-15)23-8-6-22(7-9-23)17(24)4-3-14-5-10-25-12-14/h3-5,10-13H,2,6-9H2,1H3. The fourth-order valence-corrected chi connectivity index (χ4v) is 4.03. The number of aromatic nitrogens is 2. The summed E-state index contributed by atoms with van der Waals surface area (Å²) < 4.78 is 5.01. The number of hydrogen-bond donors (Lipinski definition) is 0. The van der Waals surface area contributed by atoms with Crippen LogP contribution in [0.15, 0.2) is 41.5 Å². The fraction of sp³-hybridized carbons (Fsp3) is 0.316. The molecule has 1 saturated heterocycles. The molecule has 3 aromatic rings. The SMILES string of the molecule is CCc1cc2c(N3CCN(C(=O)C=Cc4ccoc4)CC3)ncnc2s1. The normalized spacial score (nSPS) is 15.3. The topological polar surface area (TPSA) is 62.5 Å². The zero-order valence-electron chi connectivity index (χ0n) is 14.6. The summed E-state index contributed by atoms with van der Waals surface area (Å²) in [7, 11) is 0. The molecule has 0 aliphatic carbocycles. The van der Waals surface area contributed by atoms with Gasteiger partial charge in [-0.3, -0.25) is 4.79 Å². The first-order valence-corrected chi connectivity index (χ1v) is 9.54. The third kappa shape index (κ3) is 3.35. The Morgan fingerprint density at radius 3 is 2.88 bits per heavy atom. The molecule has 4 heterocycles. The van der Waals surface area contributed by atoms with Gasteiger partial charge in [0.15, 0.2) is 0 Å². The second-order valence-electron chi connectivity index (χ2n) is 6.18. The number of rotatable bonds is 4. The van der Waals surface area contributed by atoms with Crippen LogP contribution in [0.1, 0.15) is 17.4 Å². The average Bonchev–Trinajstić information content (AvgIpc) is 3.35. The highest BCUT2D eigenvalue weighted by molar-refractivity contribution is 7.18. The molecule has 0 saturated carbocycles. The maximum Gasteiger partial charge on any atom is 0.246 e. The molecule has 134 valence electrons. The smallest absolute Gasteiger partial charge is 0.246 e. The number of thiophene rings is 1. The molecule has 0 atom stereocenters. The molecule has 0 spiro atoms. The number of piperazine rings is 1. The molecular formula is C19H20N4O2S. The molecule has 0 N–H and O–H groups in total. The number of fused-ring (bicyclic) bond motifs is 1. The Kier molecular flexibility index (Phi) is 4.71. The molecule has 3 aromatic heterocycles. The van der Waals surface area contributed by atoms with Crippen LogP contribution in [-0.4, -0.2) is 47.0 Å². The van der Waals surface area contributed by atoms with E-state index in [2.05, 4.69) is 27.9 Å². The Bertz CT molecular complexity index is 924. The maximum atomic E-state index is 12.4. The third-order valence-electron chi connectivity index (χ3n) is 4.56. The Morgan fingerprint density at radius 1 is 1.31 bits per heavy atom. The first-order valence-electron chi connectivity index (χ1n) is 8.72. The van der Waals surface area contributed by atoms with Gasteiger partial charge < -0.3 is 14.2 Å². The lowest BCUT2D eigenvalue weighted by Crippen LogP contribution is -2.48. The summed E-state index contributed by atoms with van der Waals surface area (Å²) in [5.41, 5.74) is 0.893. The Morgan fingerprint density at radius 2 is 2.15 bits per heavy atom. The van der Waals surface area contributed by atoms with Gasteiger partial charge in [0.2, 0.25) is 5.91 Å². The third-order valence-corrected chi connectivity index (χ3v) is 5.75. The first-order chi connectivity index (χ1) is 12.7. The average molecular weight is 368 g/mol. The Balaban J connectivity index is 1.44. The first kappa shape index (κ1) is 16.8. The van der Waals surface area contributed by atoms with Gasteiger partial charge in [0, 0.05) is 42.7 Å². The van der Waals surface area contributed by atoms with E-state index in [1.165, 1.54) is 4.88 Å². The minimum atomic E-state index is 0.0301. The van der Waals surface area contributed by atoms with Crippen molar-refractivity contribution in [3.05, 3.63) is 47.5 Å². The van der Waals surface area contributed by atoms with E-state index in [0.717, 1.165) is 41.1 Å². The Labute approximate surface area is 155 Å². The van der Waals surface area contributed by atoms with Gasteiger partial charge in [-0.25, -0.2) is 9.97 Å². The lowest BCUT2D eigenvalue weighted by molar-refractivity contribution is -0.126. The van der Waals surface area contributed by atoms with Crippen LogP contribution >= 0.6 is 11.3 Å². The van der Waals surface area contributed by atoms with Crippen LogP contribution in [0, 0.1) is 0 Å². The second kappa shape index (κ2) is 7.29. The number of nitrogens with zero attached hydrogens (tertiary/aromatic N) is 4. The van der Waals surface area contributed by atoms with Crippen molar-refractivity contribution in [2.24, 2.45) is 0 Å². The predicted octanol–water partition coefficient (Wildman–Crippen LogP) is 3.21. The number of furan rings is 1. The number of amides is 1. The Hall–Kier alpha value is -2.67. The van der Waals surface area contributed by atoms with Crippen molar-refractivity contribution < 1.29 is 9.21 Å². The number of anilines is 1.